The Labute approximate surface area is 125 Å². The molecule has 0 amide bonds. The van der Waals surface area contributed by atoms with Crippen LogP contribution in [0.25, 0.3) is 0 Å². The molecule has 0 saturated heterocycles. The fourth-order valence-electron chi connectivity index (χ4n) is 1.78. The Morgan fingerprint density at radius 1 is 1.20 bits per heavy atom. The molecule has 0 spiro atoms. The minimum absolute atomic E-state index is 0.0474. The molecule has 5 heteroatoms. The van der Waals surface area contributed by atoms with E-state index >= 15 is 0 Å². The van der Waals surface area contributed by atoms with Gasteiger partial charge in [0.05, 0.1) is 4.92 Å². The van der Waals surface area contributed by atoms with Crippen LogP contribution in [-0.4, -0.2) is 4.92 Å². The average Bonchev–Trinajstić information content (AvgIpc) is 2.41. The number of nitro groups is 1. The first-order valence-electron chi connectivity index (χ1n) is 6.11. The van der Waals surface area contributed by atoms with Gasteiger partial charge in [0, 0.05) is 11.6 Å². The normalized spacial score (nSPS) is 10.3. The maximum Gasteiger partial charge on any atom is 0.283 e. The molecule has 0 saturated carbocycles. The molecular weight excluding hydrogens is 322 g/mol. The van der Waals surface area contributed by atoms with Gasteiger partial charge < -0.3 is 4.74 Å². The zero-order valence-electron chi connectivity index (χ0n) is 11.2. The Morgan fingerprint density at radius 2 is 1.95 bits per heavy atom. The second kappa shape index (κ2) is 6.05. The highest BCUT2D eigenvalue weighted by Crippen LogP contribution is 2.29. The molecule has 0 radical (unpaired) electrons. The predicted molar refractivity (Wildman–Crippen MR) is 81.0 cm³/mol. The van der Waals surface area contributed by atoms with Crippen molar-refractivity contribution < 1.29 is 9.66 Å². The van der Waals surface area contributed by atoms with Gasteiger partial charge in [-0.3, -0.25) is 10.1 Å². The summed E-state index contributed by atoms with van der Waals surface area (Å²) in [6, 6.07) is 10.8. The molecule has 2 rings (SSSR count). The quantitative estimate of drug-likeness (QED) is 0.608. The summed E-state index contributed by atoms with van der Waals surface area (Å²) in [7, 11) is 0. The van der Waals surface area contributed by atoms with E-state index in [1.54, 1.807) is 12.1 Å². The smallest absolute Gasteiger partial charge is 0.283 e. The van der Waals surface area contributed by atoms with Crippen LogP contribution < -0.4 is 4.74 Å². The Balaban J connectivity index is 2.17. The molecule has 0 bridgehead atoms. The largest absolute Gasteiger partial charge is 0.489 e. The second-order valence-corrected chi connectivity index (χ2v) is 5.34. The number of rotatable bonds is 4. The summed E-state index contributed by atoms with van der Waals surface area (Å²) in [4.78, 5) is 10.5. The van der Waals surface area contributed by atoms with E-state index in [0.29, 0.717) is 4.47 Å². The van der Waals surface area contributed by atoms with Crippen molar-refractivity contribution in [3.63, 3.8) is 0 Å². The van der Waals surface area contributed by atoms with Gasteiger partial charge in [-0.15, -0.1) is 0 Å². The predicted octanol–water partition coefficient (Wildman–Crippen LogP) is 4.55. The van der Waals surface area contributed by atoms with Crippen LogP contribution in [0.3, 0.4) is 0 Å². The molecule has 2 aromatic rings. The monoisotopic (exact) mass is 335 g/mol. The van der Waals surface area contributed by atoms with Gasteiger partial charge in [-0.05, 0) is 53.0 Å². The van der Waals surface area contributed by atoms with Crippen LogP contribution in [-0.2, 0) is 6.61 Å². The lowest BCUT2D eigenvalue weighted by atomic mass is 10.1. The van der Waals surface area contributed by atoms with Crippen LogP contribution in [0.15, 0.2) is 40.9 Å². The number of benzene rings is 2. The first-order chi connectivity index (χ1) is 9.49. The number of ether oxygens (including phenoxy) is 1. The molecule has 104 valence electrons. The summed E-state index contributed by atoms with van der Waals surface area (Å²) in [5.74, 6) is 0.756. The summed E-state index contributed by atoms with van der Waals surface area (Å²) in [5, 5.41) is 10.9. The Hall–Kier alpha value is -1.88. The van der Waals surface area contributed by atoms with Crippen LogP contribution in [0, 0.1) is 24.0 Å². The van der Waals surface area contributed by atoms with Crippen molar-refractivity contribution in [3.05, 3.63) is 67.7 Å². The minimum Gasteiger partial charge on any atom is -0.489 e. The molecular formula is C15H14BrNO3. The molecule has 0 N–H and O–H groups in total. The summed E-state index contributed by atoms with van der Waals surface area (Å²) in [6.07, 6.45) is 0. The number of nitro benzene ring substituents is 1. The average molecular weight is 336 g/mol. The Bertz CT molecular complexity index is 656. The summed E-state index contributed by atoms with van der Waals surface area (Å²) < 4.78 is 6.16. The van der Waals surface area contributed by atoms with E-state index in [4.69, 9.17) is 4.74 Å². The van der Waals surface area contributed by atoms with Gasteiger partial charge >= 0.3 is 0 Å². The van der Waals surface area contributed by atoms with Gasteiger partial charge in [0.25, 0.3) is 5.69 Å². The minimum atomic E-state index is -0.413. The molecule has 0 atom stereocenters. The highest BCUT2D eigenvalue weighted by atomic mass is 79.9. The molecule has 0 aliphatic heterocycles. The van der Waals surface area contributed by atoms with Gasteiger partial charge in [0.2, 0.25) is 0 Å². The van der Waals surface area contributed by atoms with Crippen molar-refractivity contribution in [2.75, 3.05) is 0 Å². The van der Waals surface area contributed by atoms with E-state index < -0.39 is 4.92 Å². The molecule has 4 nitrogen and oxygen atoms in total. The third-order valence-corrected chi connectivity index (χ3v) is 4.04. The SMILES string of the molecule is Cc1ccc(OCc2cccc([N+](=O)[O-])c2Br)cc1C. The van der Waals surface area contributed by atoms with Crippen molar-refractivity contribution in [2.24, 2.45) is 0 Å². The fourth-order valence-corrected chi connectivity index (χ4v) is 2.31. The number of hydrogen-bond donors (Lipinski definition) is 0. The van der Waals surface area contributed by atoms with Crippen molar-refractivity contribution in [1.82, 2.24) is 0 Å². The zero-order valence-corrected chi connectivity index (χ0v) is 12.8. The van der Waals surface area contributed by atoms with Crippen molar-refractivity contribution in [2.45, 2.75) is 20.5 Å². The topological polar surface area (TPSA) is 52.4 Å². The maximum atomic E-state index is 10.9. The number of hydrogen-bond acceptors (Lipinski definition) is 3. The summed E-state index contributed by atoms with van der Waals surface area (Å²) in [6.45, 7) is 4.34. The van der Waals surface area contributed by atoms with E-state index in [2.05, 4.69) is 15.9 Å². The molecule has 20 heavy (non-hydrogen) atoms. The third kappa shape index (κ3) is 3.17. The van der Waals surface area contributed by atoms with E-state index in [1.807, 2.05) is 32.0 Å². The zero-order chi connectivity index (χ0) is 14.7. The lowest BCUT2D eigenvalue weighted by molar-refractivity contribution is -0.385. The Kier molecular flexibility index (Phi) is 4.39. The van der Waals surface area contributed by atoms with E-state index in [-0.39, 0.29) is 12.3 Å². The van der Waals surface area contributed by atoms with Crippen LogP contribution in [0.4, 0.5) is 5.69 Å². The fraction of sp³-hybridized carbons (Fsp3) is 0.200. The highest BCUT2D eigenvalue weighted by molar-refractivity contribution is 9.10. The molecule has 2 aromatic carbocycles. The van der Waals surface area contributed by atoms with E-state index in [0.717, 1.165) is 16.9 Å². The molecule has 0 aliphatic carbocycles. The third-order valence-electron chi connectivity index (χ3n) is 3.13. The molecule has 0 heterocycles. The van der Waals surface area contributed by atoms with E-state index in [1.165, 1.54) is 11.6 Å². The van der Waals surface area contributed by atoms with Crippen molar-refractivity contribution in [3.8, 4) is 5.75 Å². The molecule has 0 aliphatic rings. The lowest BCUT2D eigenvalue weighted by Crippen LogP contribution is -1.99. The van der Waals surface area contributed by atoms with Crippen LogP contribution in [0.1, 0.15) is 16.7 Å². The van der Waals surface area contributed by atoms with Crippen LogP contribution in [0.5, 0.6) is 5.75 Å². The van der Waals surface area contributed by atoms with Gasteiger partial charge in [0.15, 0.2) is 0 Å². The standard InChI is InChI=1S/C15H14BrNO3/c1-10-6-7-13(8-11(10)2)20-9-12-4-3-5-14(15(12)16)17(18)19/h3-8H,9H2,1-2H3. The van der Waals surface area contributed by atoms with Crippen molar-refractivity contribution >= 4 is 21.6 Å². The Morgan fingerprint density at radius 3 is 2.60 bits per heavy atom. The summed E-state index contributed by atoms with van der Waals surface area (Å²) in [5.41, 5.74) is 3.15. The molecule has 0 unspecified atom stereocenters. The second-order valence-electron chi connectivity index (χ2n) is 4.54. The molecule has 0 aromatic heterocycles. The van der Waals surface area contributed by atoms with E-state index in [9.17, 15) is 10.1 Å². The van der Waals surface area contributed by atoms with Gasteiger partial charge in [-0.25, -0.2) is 0 Å². The van der Waals surface area contributed by atoms with Gasteiger partial charge in [0.1, 0.15) is 16.8 Å². The summed E-state index contributed by atoms with van der Waals surface area (Å²) >= 11 is 3.26. The van der Waals surface area contributed by atoms with Crippen molar-refractivity contribution in [1.29, 1.82) is 0 Å². The molecule has 0 fully saturated rings. The van der Waals surface area contributed by atoms with Gasteiger partial charge in [-0.2, -0.15) is 0 Å². The number of nitrogens with zero attached hydrogens (tertiary/aromatic N) is 1. The van der Waals surface area contributed by atoms with Gasteiger partial charge in [-0.1, -0.05) is 18.2 Å². The highest BCUT2D eigenvalue weighted by Gasteiger charge is 2.15. The van der Waals surface area contributed by atoms with Crippen LogP contribution in [0.2, 0.25) is 0 Å². The number of halogens is 1. The van der Waals surface area contributed by atoms with Crippen LogP contribution >= 0.6 is 15.9 Å². The lowest BCUT2D eigenvalue weighted by Gasteiger charge is -2.09. The number of aryl methyl sites for hydroxylation is 2. The maximum absolute atomic E-state index is 10.9. The first-order valence-corrected chi connectivity index (χ1v) is 6.90. The first kappa shape index (κ1) is 14.5.